The molecule has 0 radical (unpaired) electrons. The molecule has 2 aromatic rings. The molecule has 0 fully saturated rings. The van der Waals surface area contributed by atoms with Crippen LogP contribution in [0.2, 0.25) is 0 Å². The minimum atomic E-state index is 0.612. The molecule has 2 heterocycles. The second kappa shape index (κ2) is 4.22. The van der Waals surface area contributed by atoms with Crippen LogP contribution in [0, 0.1) is 13.8 Å². The van der Waals surface area contributed by atoms with Crippen molar-refractivity contribution in [2.45, 2.75) is 26.9 Å². The standard InChI is InChI=1S/C9H12N4O2/c1-6-3-8(12-14-6)4-10-5-9-7(2)11-15-13-9/h3,10H,4-5H2,1-2H3. The first-order valence-corrected chi connectivity index (χ1v) is 4.66. The Morgan fingerprint density at radius 3 is 2.67 bits per heavy atom. The Hall–Kier alpha value is -1.69. The lowest BCUT2D eigenvalue weighted by Gasteiger charge is -1.97. The van der Waals surface area contributed by atoms with E-state index < -0.39 is 0 Å². The van der Waals surface area contributed by atoms with E-state index in [1.54, 1.807) is 0 Å². The van der Waals surface area contributed by atoms with Crippen molar-refractivity contribution in [2.24, 2.45) is 0 Å². The van der Waals surface area contributed by atoms with Crippen molar-refractivity contribution in [3.05, 3.63) is 28.9 Å². The summed E-state index contributed by atoms with van der Waals surface area (Å²) in [6.45, 7) is 4.97. The molecule has 0 unspecified atom stereocenters. The number of hydrogen-bond donors (Lipinski definition) is 1. The fourth-order valence-corrected chi connectivity index (χ4v) is 1.22. The van der Waals surface area contributed by atoms with E-state index in [1.165, 1.54) is 0 Å². The summed E-state index contributed by atoms with van der Waals surface area (Å²) >= 11 is 0. The third kappa shape index (κ3) is 2.41. The molecule has 0 saturated carbocycles. The second-order valence-corrected chi connectivity index (χ2v) is 3.33. The Morgan fingerprint density at radius 2 is 2.07 bits per heavy atom. The molecule has 0 bridgehead atoms. The van der Waals surface area contributed by atoms with Gasteiger partial charge in [0.25, 0.3) is 0 Å². The van der Waals surface area contributed by atoms with Gasteiger partial charge in [-0.1, -0.05) is 15.5 Å². The first-order chi connectivity index (χ1) is 7.25. The van der Waals surface area contributed by atoms with Gasteiger partial charge in [-0.25, -0.2) is 4.63 Å². The Balaban J connectivity index is 1.83. The van der Waals surface area contributed by atoms with Gasteiger partial charge in [-0.05, 0) is 13.8 Å². The van der Waals surface area contributed by atoms with E-state index in [0.29, 0.717) is 13.1 Å². The highest BCUT2D eigenvalue weighted by molar-refractivity contribution is 5.06. The van der Waals surface area contributed by atoms with E-state index in [0.717, 1.165) is 22.8 Å². The monoisotopic (exact) mass is 208 g/mol. The van der Waals surface area contributed by atoms with Gasteiger partial charge in [-0.2, -0.15) is 0 Å². The molecular weight excluding hydrogens is 196 g/mol. The molecule has 2 rings (SSSR count). The summed E-state index contributed by atoms with van der Waals surface area (Å²) in [7, 11) is 0. The third-order valence-electron chi connectivity index (χ3n) is 2.02. The fourth-order valence-electron chi connectivity index (χ4n) is 1.22. The average molecular weight is 208 g/mol. The number of aryl methyl sites for hydroxylation is 2. The van der Waals surface area contributed by atoms with Crippen LogP contribution < -0.4 is 5.32 Å². The summed E-state index contributed by atoms with van der Waals surface area (Å²) in [4.78, 5) is 0. The Kier molecular flexibility index (Phi) is 2.77. The molecule has 0 aliphatic carbocycles. The summed E-state index contributed by atoms with van der Waals surface area (Å²) in [6.07, 6.45) is 0. The van der Waals surface area contributed by atoms with Gasteiger partial charge in [-0.15, -0.1) is 0 Å². The van der Waals surface area contributed by atoms with E-state index in [9.17, 15) is 0 Å². The second-order valence-electron chi connectivity index (χ2n) is 3.33. The molecule has 0 saturated heterocycles. The van der Waals surface area contributed by atoms with Crippen molar-refractivity contribution in [2.75, 3.05) is 0 Å². The molecule has 0 aliphatic heterocycles. The maximum atomic E-state index is 4.94. The lowest BCUT2D eigenvalue weighted by molar-refractivity contribution is 0.300. The van der Waals surface area contributed by atoms with Crippen LogP contribution in [0.5, 0.6) is 0 Å². The SMILES string of the molecule is Cc1cc(CNCc2nonc2C)no1. The summed E-state index contributed by atoms with van der Waals surface area (Å²) in [5, 5.41) is 14.5. The third-order valence-corrected chi connectivity index (χ3v) is 2.02. The highest BCUT2D eigenvalue weighted by Crippen LogP contribution is 2.02. The van der Waals surface area contributed by atoms with E-state index in [4.69, 9.17) is 4.52 Å². The average Bonchev–Trinajstić information content (AvgIpc) is 2.77. The number of aromatic nitrogens is 3. The normalized spacial score (nSPS) is 10.8. The van der Waals surface area contributed by atoms with Gasteiger partial charge in [0, 0.05) is 19.2 Å². The molecule has 2 aromatic heterocycles. The van der Waals surface area contributed by atoms with Crippen LogP contribution in [0.1, 0.15) is 22.8 Å². The van der Waals surface area contributed by atoms with Crippen LogP contribution in [-0.2, 0) is 13.1 Å². The number of rotatable bonds is 4. The number of nitrogens with one attached hydrogen (secondary N) is 1. The first-order valence-electron chi connectivity index (χ1n) is 4.66. The molecule has 0 amide bonds. The highest BCUT2D eigenvalue weighted by atomic mass is 16.6. The van der Waals surface area contributed by atoms with Crippen LogP contribution in [0.3, 0.4) is 0 Å². The quantitative estimate of drug-likeness (QED) is 0.806. The molecule has 1 N–H and O–H groups in total. The van der Waals surface area contributed by atoms with Crippen LogP contribution in [0.15, 0.2) is 15.2 Å². The number of hydrogen-bond acceptors (Lipinski definition) is 6. The van der Waals surface area contributed by atoms with Crippen molar-refractivity contribution in [3.63, 3.8) is 0 Å². The van der Waals surface area contributed by atoms with E-state index in [1.807, 2.05) is 19.9 Å². The lowest BCUT2D eigenvalue weighted by Crippen LogP contribution is -2.13. The van der Waals surface area contributed by atoms with Crippen LogP contribution in [0.4, 0.5) is 0 Å². The van der Waals surface area contributed by atoms with Gasteiger partial charge >= 0.3 is 0 Å². The van der Waals surface area contributed by atoms with Gasteiger partial charge in [0.05, 0.1) is 5.69 Å². The highest BCUT2D eigenvalue weighted by Gasteiger charge is 2.05. The largest absolute Gasteiger partial charge is 0.361 e. The van der Waals surface area contributed by atoms with Gasteiger partial charge in [0.1, 0.15) is 17.1 Å². The molecule has 15 heavy (non-hydrogen) atoms. The van der Waals surface area contributed by atoms with Crippen LogP contribution >= 0.6 is 0 Å². The number of nitrogens with zero attached hydrogens (tertiary/aromatic N) is 3. The molecule has 0 aliphatic rings. The molecule has 0 aromatic carbocycles. The molecule has 0 spiro atoms. The predicted octanol–water partition coefficient (Wildman–Crippen LogP) is 0.964. The summed E-state index contributed by atoms with van der Waals surface area (Å²) < 4.78 is 9.52. The topological polar surface area (TPSA) is 77.0 Å². The summed E-state index contributed by atoms with van der Waals surface area (Å²) in [5.74, 6) is 0.811. The minimum absolute atomic E-state index is 0.612. The van der Waals surface area contributed by atoms with Crippen molar-refractivity contribution >= 4 is 0 Å². The summed E-state index contributed by atoms with van der Waals surface area (Å²) in [6, 6.07) is 1.89. The lowest BCUT2D eigenvalue weighted by atomic mass is 10.3. The van der Waals surface area contributed by atoms with Crippen molar-refractivity contribution < 1.29 is 9.15 Å². The predicted molar refractivity (Wildman–Crippen MR) is 50.8 cm³/mol. The van der Waals surface area contributed by atoms with Gasteiger partial charge in [0.2, 0.25) is 0 Å². The van der Waals surface area contributed by atoms with E-state index in [-0.39, 0.29) is 0 Å². The fraction of sp³-hybridized carbons (Fsp3) is 0.444. The Labute approximate surface area is 86.6 Å². The summed E-state index contributed by atoms with van der Waals surface area (Å²) in [5.41, 5.74) is 2.50. The molecule has 6 heteroatoms. The first kappa shape index (κ1) is 9.85. The molecule has 80 valence electrons. The van der Waals surface area contributed by atoms with E-state index >= 15 is 0 Å². The van der Waals surface area contributed by atoms with Crippen LogP contribution in [-0.4, -0.2) is 15.5 Å². The van der Waals surface area contributed by atoms with Crippen LogP contribution in [0.25, 0.3) is 0 Å². The Morgan fingerprint density at radius 1 is 1.20 bits per heavy atom. The van der Waals surface area contributed by atoms with Gasteiger partial charge in [0.15, 0.2) is 0 Å². The van der Waals surface area contributed by atoms with Crippen molar-refractivity contribution in [1.29, 1.82) is 0 Å². The van der Waals surface area contributed by atoms with Gasteiger partial charge in [-0.3, -0.25) is 0 Å². The van der Waals surface area contributed by atoms with Gasteiger partial charge < -0.3 is 9.84 Å². The molecular formula is C9H12N4O2. The zero-order valence-corrected chi connectivity index (χ0v) is 8.65. The van der Waals surface area contributed by atoms with Crippen molar-refractivity contribution in [1.82, 2.24) is 20.8 Å². The zero-order chi connectivity index (χ0) is 10.7. The maximum Gasteiger partial charge on any atom is 0.133 e. The van der Waals surface area contributed by atoms with Crippen molar-refractivity contribution in [3.8, 4) is 0 Å². The Bertz CT molecular complexity index is 435. The smallest absolute Gasteiger partial charge is 0.133 e. The molecule has 0 atom stereocenters. The molecule has 6 nitrogen and oxygen atoms in total. The van der Waals surface area contributed by atoms with E-state index in [2.05, 4.69) is 25.4 Å². The minimum Gasteiger partial charge on any atom is -0.361 e. The zero-order valence-electron chi connectivity index (χ0n) is 8.65. The maximum absolute atomic E-state index is 4.94.